The molecule has 0 spiro atoms. The van der Waals surface area contributed by atoms with Gasteiger partial charge in [-0.3, -0.25) is 0 Å². The molecule has 0 saturated carbocycles. The smallest absolute Gasteiger partial charge is 0.124 e. The molecule has 2 N–H and O–H groups in total. The third-order valence-corrected chi connectivity index (χ3v) is 4.38. The number of thiophene rings is 1. The lowest BCUT2D eigenvalue weighted by Gasteiger charge is -2.16. The molecule has 3 heteroatoms. The molecule has 3 rings (SSSR count). The second-order valence-corrected chi connectivity index (χ2v) is 5.55. The first-order valence-electron chi connectivity index (χ1n) is 6.74. The van der Waals surface area contributed by atoms with Crippen LogP contribution in [0.1, 0.15) is 24.1 Å². The van der Waals surface area contributed by atoms with E-state index in [4.69, 9.17) is 10.5 Å². The minimum absolute atomic E-state index is 0.158. The fourth-order valence-corrected chi connectivity index (χ4v) is 3.43. The summed E-state index contributed by atoms with van der Waals surface area (Å²) in [5.41, 5.74) is 8.69. The normalized spacial score (nSPS) is 12.5. The van der Waals surface area contributed by atoms with Crippen LogP contribution in [0.4, 0.5) is 0 Å². The van der Waals surface area contributed by atoms with Gasteiger partial charge in [-0.25, -0.2) is 0 Å². The predicted molar refractivity (Wildman–Crippen MR) is 85.5 cm³/mol. The van der Waals surface area contributed by atoms with Crippen molar-refractivity contribution in [2.75, 3.05) is 6.61 Å². The van der Waals surface area contributed by atoms with E-state index in [1.165, 1.54) is 10.1 Å². The summed E-state index contributed by atoms with van der Waals surface area (Å²) in [4.78, 5) is 0. The average molecular weight is 283 g/mol. The first-order chi connectivity index (χ1) is 9.81. The maximum absolute atomic E-state index is 6.48. The number of nitrogens with two attached hydrogens (primary N) is 1. The van der Waals surface area contributed by atoms with Crippen molar-refractivity contribution in [1.29, 1.82) is 0 Å². The van der Waals surface area contributed by atoms with Gasteiger partial charge in [0.25, 0.3) is 0 Å². The Morgan fingerprint density at radius 1 is 1.05 bits per heavy atom. The lowest BCUT2D eigenvalue weighted by atomic mass is 9.98. The molecule has 1 atom stereocenters. The Labute approximate surface area is 122 Å². The van der Waals surface area contributed by atoms with Gasteiger partial charge in [0.05, 0.1) is 12.6 Å². The lowest BCUT2D eigenvalue weighted by molar-refractivity contribution is 0.335. The second-order valence-electron chi connectivity index (χ2n) is 4.64. The minimum atomic E-state index is -0.158. The van der Waals surface area contributed by atoms with E-state index in [0.29, 0.717) is 6.61 Å². The number of hydrogen-bond donors (Lipinski definition) is 1. The van der Waals surface area contributed by atoms with Crippen LogP contribution in [0, 0.1) is 0 Å². The summed E-state index contributed by atoms with van der Waals surface area (Å²) in [6.45, 7) is 2.64. The van der Waals surface area contributed by atoms with Gasteiger partial charge in [0.2, 0.25) is 0 Å². The van der Waals surface area contributed by atoms with Crippen LogP contribution in [0.15, 0.2) is 53.9 Å². The highest BCUT2D eigenvalue weighted by Gasteiger charge is 2.17. The predicted octanol–water partition coefficient (Wildman–Crippen LogP) is 4.35. The van der Waals surface area contributed by atoms with E-state index in [1.807, 2.05) is 31.2 Å². The third-order valence-electron chi connectivity index (χ3n) is 3.40. The van der Waals surface area contributed by atoms with Crippen molar-refractivity contribution < 1.29 is 4.74 Å². The molecule has 1 heterocycles. The molecule has 2 aromatic carbocycles. The Bertz CT molecular complexity index is 720. The summed E-state index contributed by atoms with van der Waals surface area (Å²) in [5.74, 6) is 0.873. The maximum atomic E-state index is 6.48. The van der Waals surface area contributed by atoms with E-state index in [2.05, 4.69) is 29.6 Å². The summed E-state index contributed by atoms with van der Waals surface area (Å²) in [6.07, 6.45) is 0. The van der Waals surface area contributed by atoms with E-state index in [-0.39, 0.29) is 6.04 Å². The van der Waals surface area contributed by atoms with E-state index in [0.717, 1.165) is 16.9 Å². The number of hydrogen-bond acceptors (Lipinski definition) is 3. The van der Waals surface area contributed by atoms with Crippen molar-refractivity contribution in [3.05, 3.63) is 65.0 Å². The lowest BCUT2D eigenvalue weighted by Crippen LogP contribution is -2.13. The van der Waals surface area contributed by atoms with Gasteiger partial charge in [0, 0.05) is 10.3 Å². The monoisotopic (exact) mass is 283 g/mol. The van der Waals surface area contributed by atoms with E-state index < -0.39 is 0 Å². The molecule has 0 bridgehead atoms. The van der Waals surface area contributed by atoms with E-state index >= 15 is 0 Å². The maximum Gasteiger partial charge on any atom is 0.124 e. The highest BCUT2D eigenvalue weighted by molar-refractivity contribution is 7.17. The zero-order chi connectivity index (χ0) is 13.9. The SMILES string of the molecule is CCOc1ccccc1C(N)c1csc2ccccc12. The molecule has 3 aromatic rings. The van der Waals surface area contributed by atoms with E-state index in [1.54, 1.807) is 11.3 Å². The molecule has 20 heavy (non-hydrogen) atoms. The number of fused-ring (bicyclic) bond motifs is 1. The molecule has 0 saturated heterocycles. The highest BCUT2D eigenvalue weighted by atomic mass is 32.1. The van der Waals surface area contributed by atoms with Crippen LogP contribution < -0.4 is 10.5 Å². The Morgan fingerprint density at radius 2 is 1.80 bits per heavy atom. The quantitative estimate of drug-likeness (QED) is 0.772. The van der Waals surface area contributed by atoms with Crippen molar-refractivity contribution in [3.63, 3.8) is 0 Å². The third kappa shape index (κ3) is 2.30. The molecular formula is C17H17NOS. The van der Waals surface area contributed by atoms with Gasteiger partial charge in [-0.2, -0.15) is 0 Å². The fourth-order valence-electron chi connectivity index (χ4n) is 2.43. The van der Waals surface area contributed by atoms with Crippen molar-refractivity contribution in [2.24, 2.45) is 5.73 Å². The Kier molecular flexibility index (Phi) is 3.72. The van der Waals surface area contributed by atoms with Gasteiger partial charge in [0.1, 0.15) is 5.75 Å². The molecule has 0 aliphatic rings. The Balaban J connectivity index is 2.06. The Hall–Kier alpha value is -1.84. The molecule has 2 nitrogen and oxygen atoms in total. The van der Waals surface area contributed by atoms with Crippen LogP contribution in [-0.2, 0) is 0 Å². The highest BCUT2D eigenvalue weighted by Crippen LogP contribution is 2.35. The molecule has 0 aliphatic heterocycles. The molecule has 0 aliphatic carbocycles. The molecular weight excluding hydrogens is 266 g/mol. The summed E-state index contributed by atoms with van der Waals surface area (Å²) < 4.78 is 6.96. The van der Waals surface area contributed by atoms with E-state index in [9.17, 15) is 0 Å². The first kappa shape index (κ1) is 13.2. The first-order valence-corrected chi connectivity index (χ1v) is 7.62. The molecule has 0 fully saturated rings. The summed E-state index contributed by atoms with van der Waals surface area (Å²) in [6, 6.07) is 16.2. The van der Waals surface area contributed by atoms with Crippen molar-refractivity contribution in [1.82, 2.24) is 0 Å². The van der Waals surface area contributed by atoms with Gasteiger partial charge in [-0.15, -0.1) is 11.3 Å². The van der Waals surface area contributed by atoms with Crippen LogP contribution in [-0.4, -0.2) is 6.61 Å². The average Bonchev–Trinajstić information content (AvgIpc) is 2.91. The van der Waals surface area contributed by atoms with Crippen LogP contribution in [0.5, 0.6) is 5.75 Å². The van der Waals surface area contributed by atoms with Gasteiger partial charge in [0.15, 0.2) is 0 Å². The molecule has 0 radical (unpaired) electrons. The van der Waals surface area contributed by atoms with Crippen molar-refractivity contribution >= 4 is 21.4 Å². The zero-order valence-electron chi connectivity index (χ0n) is 11.4. The van der Waals surface area contributed by atoms with Crippen LogP contribution in [0.3, 0.4) is 0 Å². The zero-order valence-corrected chi connectivity index (χ0v) is 12.2. The molecule has 0 amide bonds. The number of benzene rings is 2. The number of rotatable bonds is 4. The van der Waals surface area contributed by atoms with Gasteiger partial charge in [-0.1, -0.05) is 36.4 Å². The van der Waals surface area contributed by atoms with Crippen LogP contribution in [0.2, 0.25) is 0 Å². The van der Waals surface area contributed by atoms with Crippen LogP contribution >= 0.6 is 11.3 Å². The molecule has 1 unspecified atom stereocenters. The fraction of sp³-hybridized carbons (Fsp3) is 0.176. The number of para-hydroxylation sites is 1. The van der Waals surface area contributed by atoms with Crippen molar-refractivity contribution in [3.8, 4) is 5.75 Å². The minimum Gasteiger partial charge on any atom is -0.494 e. The van der Waals surface area contributed by atoms with Crippen LogP contribution in [0.25, 0.3) is 10.1 Å². The summed E-state index contributed by atoms with van der Waals surface area (Å²) in [5, 5.41) is 3.38. The summed E-state index contributed by atoms with van der Waals surface area (Å²) >= 11 is 1.74. The second kappa shape index (κ2) is 5.65. The van der Waals surface area contributed by atoms with Gasteiger partial charge >= 0.3 is 0 Å². The topological polar surface area (TPSA) is 35.2 Å². The molecule has 1 aromatic heterocycles. The standard InChI is InChI=1S/C17H17NOS/c1-2-19-15-9-5-3-8-13(15)17(18)14-11-20-16-10-6-4-7-12(14)16/h3-11,17H,2,18H2,1H3. The largest absolute Gasteiger partial charge is 0.494 e. The number of ether oxygens (including phenoxy) is 1. The van der Waals surface area contributed by atoms with Crippen molar-refractivity contribution in [2.45, 2.75) is 13.0 Å². The van der Waals surface area contributed by atoms with Gasteiger partial charge < -0.3 is 10.5 Å². The summed E-state index contributed by atoms with van der Waals surface area (Å²) in [7, 11) is 0. The Morgan fingerprint density at radius 3 is 2.65 bits per heavy atom. The van der Waals surface area contributed by atoms with Gasteiger partial charge in [-0.05, 0) is 35.4 Å². The molecule has 102 valence electrons.